The van der Waals surface area contributed by atoms with Crippen molar-refractivity contribution in [3.05, 3.63) is 69.5 Å². The minimum absolute atomic E-state index is 0.0175. The fourth-order valence-corrected chi connectivity index (χ4v) is 3.03. The Morgan fingerprint density at radius 1 is 1.15 bits per heavy atom. The molecule has 1 aliphatic rings. The van der Waals surface area contributed by atoms with Gasteiger partial charge in [0.2, 0.25) is 5.91 Å². The Bertz CT molecular complexity index is 866. The van der Waals surface area contributed by atoms with Crippen molar-refractivity contribution in [1.29, 1.82) is 0 Å². The van der Waals surface area contributed by atoms with E-state index in [9.17, 15) is 19.3 Å². The molecule has 1 fully saturated rings. The first-order valence-electron chi connectivity index (χ1n) is 8.50. The highest BCUT2D eigenvalue weighted by Gasteiger charge is 2.51. The van der Waals surface area contributed by atoms with Gasteiger partial charge in [-0.1, -0.05) is 45.0 Å². The van der Waals surface area contributed by atoms with E-state index in [2.05, 4.69) is 26.1 Å². The molecule has 0 aromatic heterocycles. The SMILES string of the molecule is CC(C)(C)c1ccc(C2(C(=O)Nc3cc([N+](=O)[O-])ccc3F)CC2)cc1. The summed E-state index contributed by atoms with van der Waals surface area (Å²) in [6.45, 7) is 6.35. The number of hydrogen-bond donors (Lipinski definition) is 1. The van der Waals surface area contributed by atoms with Crippen molar-refractivity contribution in [1.82, 2.24) is 0 Å². The molecule has 26 heavy (non-hydrogen) atoms. The highest BCUT2D eigenvalue weighted by atomic mass is 19.1. The summed E-state index contributed by atoms with van der Waals surface area (Å²) < 4.78 is 14.0. The van der Waals surface area contributed by atoms with Gasteiger partial charge in [-0.05, 0) is 35.4 Å². The van der Waals surface area contributed by atoms with Crippen LogP contribution in [0.5, 0.6) is 0 Å². The number of nitrogens with zero attached hydrogens (tertiary/aromatic N) is 1. The average Bonchev–Trinajstić information content (AvgIpc) is 3.38. The van der Waals surface area contributed by atoms with Gasteiger partial charge in [0.25, 0.3) is 5.69 Å². The van der Waals surface area contributed by atoms with Crippen molar-refractivity contribution in [3.63, 3.8) is 0 Å². The minimum Gasteiger partial charge on any atom is -0.323 e. The monoisotopic (exact) mass is 356 g/mol. The summed E-state index contributed by atoms with van der Waals surface area (Å²) in [5.74, 6) is -1.02. The van der Waals surface area contributed by atoms with Crippen molar-refractivity contribution in [2.75, 3.05) is 5.32 Å². The van der Waals surface area contributed by atoms with E-state index in [-0.39, 0.29) is 22.7 Å². The Kier molecular flexibility index (Phi) is 4.30. The van der Waals surface area contributed by atoms with Gasteiger partial charge in [-0.25, -0.2) is 4.39 Å². The van der Waals surface area contributed by atoms with E-state index in [4.69, 9.17) is 0 Å². The topological polar surface area (TPSA) is 72.2 Å². The molecule has 3 rings (SSSR count). The number of halogens is 1. The number of anilines is 1. The number of amides is 1. The van der Waals surface area contributed by atoms with Gasteiger partial charge in [-0.3, -0.25) is 14.9 Å². The predicted octanol–water partition coefficient (Wildman–Crippen LogP) is 4.70. The van der Waals surface area contributed by atoms with Crippen molar-refractivity contribution in [3.8, 4) is 0 Å². The molecule has 136 valence electrons. The first-order valence-corrected chi connectivity index (χ1v) is 8.50. The lowest BCUT2D eigenvalue weighted by molar-refractivity contribution is -0.384. The first-order chi connectivity index (χ1) is 12.1. The van der Waals surface area contributed by atoms with Gasteiger partial charge in [-0.2, -0.15) is 0 Å². The summed E-state index contributed by atoms with van der Waals surface area (Å²) in [4.78, 5) is 23.0. The van der Waals surface area contributed by atoms with Gasteiger partial charge in [-0.15, -0.1) is 0 Å². The molecule has 2 aromatic rings. The van der Waals surface area contributed by atoms with Gasteiger partial charge < -0.3 is 5.32 Å². The Morgan fingerprint density at radius 3 is 2.27 bits per heavy atom. The Hall–Kier alpha value is -2.76. The quantitative estimate of drug-likeness (QED) is 0.637. The van der Waals surface area contributed by atoms with Crippen LogP contribution in [0.4, 0.5) is 15.8 Å². The van der Waals surface area contributed by atoms with E-state index in [1.165, 1.54) is 5.56 Å². The van der Waals surface area contributed by atoms with E-state index in [0.29, 0.717) is 12.8 Å². The van der Waals surface area contributed by atoms with Crippen LogP contribution >= 0.6 is 0 Å². The van der Waals surface area contributed by atoms with E-state index in [1.54, 1.807) is 0 Å². The normalized spacial score (nSPS) is 15.4. The van der Waals surface area contributed by atoms with Crippen LogP contribution < -0.4 is 5.32 Å². The van der Waals surface area contributed by atoms with Gasteiger partial charge in [0, 0.05) is 12.1 Å². The molecule has 0 heterocycles. The maximum atomic E-state index is 14.0. The van der Waals surface area contributed by atoms with E-state index in [0.717, 1.165) is 23.8 Å². The minimum atomic E-state index is -0.692. The summed E-state index contributed by atoms with van der Waals surface area (Å²) >= 11 is 0. The van der Waals surface area contributed by atoms with Crippen LogP contribution in [-0.4, -0.2) is 10.8 Å². The molecular formula is C20H21FN2O3. The van der Waals surface area contributed by atoms with Crippen LogP contribution in [0.25, 0.3) is 0 Å². The number of carbonyl (C=O) groups excluding carboxylic acids is 1. The molecule has 0 saturated heterocycles. The highest BCUT2D eigenvalue weighted by Crippen LogP contribution is 2.49. The lowest BCUT2D eigenvalue weighted by atomic mass is 9.85. The molecule has 1 saturated carbocycles. The summed E-state index contributed by atoms with van der Waals surface area (Å²) in [5.41, 5.74) is 0.954. The molecule has 1 amide bonds. The fraction of sp³-hybridized carbons (Fsp3) is 0.350. The maximum absolute atomic E-state index is 14.0. The third kappa shape index (κ3) is 3.31. The molecule has 1 aliphatic carbocycles. The van der Waals surface area contributed by atoms with Gasteiger partial charge in [0.15, 0.2) is 0 Å². The molecule has 1 N–H and O–H groups in total. The molecule has 0 bridgehead atoms. The lowest BCUT2D eigenvalue weighted by Gasteiger charge is -2.21. The third-order valence-corrected chi connectivity index (χ3v) is 4.90. The standard InChI is InChI=1S/C20H21FN2O3/c1-19(2,3)13-4-6-14(7-5-13)20(10-11-20)18(24)22-17-12-15(23(25)26)8-9-16(17)21/h4-9,12H,10-11H2,1-3H3,(H,22,24). The van der Waals surface area contributed by atoms with Crippen LogP contribution in [0.3, 0.4) is 0 Å². The maximum Gasteiger partial charge on any atom is 0.271 e. The van der Waals surface area contributed by atoms with Crippen LogP contribution in [-0.2, 0) is 15.6 Å². The van der Waals surface area contributed by atoms with E-state index in [1.807, 2.05) is 24.3 Å². The second-order valence-corrected chi connectivity index (χ2v) is 7.78. The van der Waals surface area contributed by atoms with E-state index < -0.39 is 16.2 Å². The predicted molar refractivity (Wildman–Crippen MR) is 97.7 cm³/mol. The van der Waals surface area contributed by atoms with Gasteiger partial charge >= 0.3 is 0 Å². The number of benzene rings is 2. The van der Waals surface area contributed by atoms with Gasteiger partial charge in [0.05, 0.1) is 16.0 Å². The molecule has 6 heteroatoms. The molecular weight excluding hydrogens is 335 g/mol. The third-order valence-electron chi connectivity index (χ3n) is 4.90. The fourth-order valence-electron chi connectivity index (χ4n) is 3.03. The zero-order valence-corrected chi connectivity index (χ0v) is 15.0. The van der Waals surface area contributed by atoms with Crippen LogP contribution in [0.1, 0.15) is 44.7 Å². The summed E-state index contributed by atoms with van der Waals surface area (Å²) in [6.07, 6.45) is 1.34. The molecule has 5 nitrogen and oxygen atoms in total. The van der Waals surface area contributed by atoms with Crippen molar-refractivity contribution >= 4 is 17.3 Å². The van der Waals surface area contributed by atoms with Crippen LogP contribution in [0, 0.1) is 15.9 Å². The average molecular weight is 356 g/mol. The van der Waals surface area contributed by atoms with Gasteiger partial charge in [0.1, 0.15) is 5.82 Å². The summed E-state index contributed by atoms with van der Waals surface area (Å²) in [7, 11) is 0. The summed E-state index contributed by atoms with van der Waals surface area (Å²) in [6, 6.07) is 11.0. The molecule has 0 radical (unpaired) electrons. The second kappa shape index (κ2) is 6.20. The molecule has 2 aromatic carbocycles. The zero-order valence-electron chi connectivity index (χ0n) is 15.0. The van der Waals surface area contributed by atoms with Crippen molar-refractivity contribution in [2.24, 2.45) is 0 Å². The first kappa shape index (κ1) is 18.0. The molecule has 0 atom stereocenters. The number of nitrogens with one attached hydrogen (secondary N) is 1. The zero-order chi connectivity index (χ0) is 19.1. The number of hydrogen-bond acceptors (Lipinski definition) is 3. The smallest absolute Gasteiger partial charge is 0.271 e. The number of rotatable bonds is 4. The molecule has 0 unspecified atom stereocenters. The number of carbonyl (C=O) groups is 1. The number of nitro benzene ring substituents is 1. The Balaban J connectivity index is 1.84. The largest absolute Gasteiger partial charge is 0.323 e. The number of nitro groups is 1. The highest BCUT2D eigenvalue weighted by molar-refractivity contribution is 6.01. The second-order valence-electron chi connectivity index (χ2n) is 7.78. The Labute approximate surface area is 151 Å². The molecule has 0 aliphatic heterocycles. The summed E-state index contributed by atoms with van der Waals surface area (Å²) in [5, 5.41) is 13.4. The van der Waals surface area contributed by atoms with E-state index >= 15 is 0 Å². The number of non-ortho nitro benzene ring substituents is 1. The lowest BCUT2D eigenvalue weighted by Crippen LogP contribution is -2.28. The van der Waals surface area contributed by atoms with Crippen molar-refractivity contribution < 1.29 is 14.1 Å². The van der Waals surface area contributed by atoms with Crippen LogP contribution in [0.2, 0.25) is 0 Å². The van der Waals surface area contributed by atoms with Crippen LogP contribution in [0.15, 0.2) is 42.5 Å². The Morgan fingerprint density at radius 2 is 1.77 bits per heavy atom. The molecule has 0 spiro atoms. The van der Waals surface area contributed by atoms with Crippen molar-refractivity contribution in [2.45, 2.75) is 44.4 Å².